The van der Waals surface area contributed by atoms with Gasteiger partial charge < -0.3 is 15.3 Å². The van der Waals surface area contributed by atoms with E-state index in [2.05, 4.69) is 21.2 Å². The van der Waals surface area contributed by atoms with Crippen molar-refractivity contribution in [2.45, 2.75) is 18.9 Å². The van der Waals surface area contributed by atoms with Crippen molar-refractivity contribution in [3.63, 3.8) is 0 Å². The molecule has 2 N–H and O–H groups in total. The van der Waals surface area contributed by atoms with Crippen LogP contribution in [-0.4, -0.2) is 41.6 Å². The number of phenols is 1. The van der Waals surface area contributed by atoms with Gasteiger partial charge in [-0.25, -0.2) is 0 Å². The van der Waals surface area contributed by atoms with E-state index in [1.54, 1.807) is 18.2 Å². The molecule has 0 aromatic heterocycles. The van der Waals surface area contributed by atoms with E-state index in [1.807, 2.05) is 4.90 Å². The molecular formula is C14H17BrN2O2. The van der Waals surface area contributed by atoms with Gasteiger partial charge >= 0.3 is 0 Å². The number of hydrogen-bond acceptors (Lipinski definition) is 3. The summed E-state index contributed by atoms with van der Waals surface area (Å²) in [7, 11) is 0. The van der Waals surface area contributed by atoms with Crippen molar-refractivity contribution in [2.24, 2.45) is 5.92 Å². The average Bonchev–Trinajstić information content (AvgIpc) is 2.81. The average molecular weight is 325 g/mol. The summed E-state index contributed by atoms with van der Waals surface area (Å²) in [4.78, 5) is 14.3. The Morgan fingerprint density at radius 1 is 1.42 bits per heavy atom. The molecule has 4 nitrogen and oxygen atoms in total. The standard InChI is InChI=1S/C14H17BrN2O2/c15-10-3-4-11(13(18)6-10)14(19)17-7-9-2-1-5-16-12(9)8-17/h3-4,6,9,12,16,18H,1-2,5,7-8H2/t9-,12+/m0/s1. The third-order valence-corrected chi connectivity index (χ3v) is 4.57. The molecule has 1 aromatic rings. The van der Waals surface area contributed by atoms with E-state index in [-0.39, 0.29) is 11.7 Å². The van der Waals surface area contributed by atoms with E-state index < -0.39 is 0 Å². The zero-order chi connectivity index (χ0) is 13.4. The van der Waals surface area contributed by atoms with Gasteiger partial charge in [0.2, 0.25) is 0 Å². The van der Waals surface area contributed by atoms with Crippen LogP contribution in [0.2, 0.25) is 0 Å². The lowest BCUT2D eigenvalue weighted by Gasteiger charge is -2.24. The largest absolute Gasteiger partial charge is 0.507 e. The first kappa shape index (κ1) is 12.9. The third-order valence-electron chi connectivity index (χ3n) is 4.08. The van der Waals surface area contributed by atoms with Gasteiger partial charge in [0.25, 0.3) is 5.91 Å². The van der Waals surface area contributed by atoms with Gasteiger partial charge in [0, 0.05) is 23.6 Å². The van der Waals surface area contributed by atoms with Gasteiger partial charge in [-0.15, -0.1) is 0 Å². The predicted molar refractivity (Wildman–Crippen MR) is 76.2 cm³/mol. The Labute approximate surface area is 120 Å². The van der Waals surface area contributed by atoms with Crippen molar-refractivity contribution in [2.75, 3.05) is 19.6 Å². The molecule has 0 unspecified atom stereocenters. The minimum Gasteiger partial charge on any atom is -0.507 e. The Kier molecular flexibility index (Phi) is 3.50. The number of carbonyl (C=O) groups is 1. The quantitative estimate of drug-likeness (QED) is 0.830. The molecule has 19 heavy (non-hydrogen) atoms. The van der Waals surface area contributed by atoms with Gasteiger partial charge in [-0.2, -0.15) is 0 Å². The van der Waals surface area contributed by atoms with Gasteiger partial charge in [-0.05, 0) is 43.5 Å². The highest BCUT2D eigenvalue weighted by Gasteiger charge is 2.37. The lowest BCUT2D eigenvalue weighted by Crippen LogP contribution is -2.41. The molecule has 2 fully saturated rings. The van der Waals surface area contributed by atoms with Crippen LogP contribution in [0.4, 0.5) is 0 Å². The number of piperidine rings is 1. The van der Waals surface area contributed by atoms with E-state index >= 15 is 0 Å². The summed E-state index contributed by atoms with van der Waals surface area (Å²) in [5.41, 5.74) is 0.391. The van der Waals surface area contributed by atoms with Crippen LogP contribution in [0.15, 0.2) is 22.7 Å². The Balaban J connectivity index is 1.77. The molecule has 5 heteroatoms. The molecule has 0 radical (unpaired) electrons. The third kappa shape index (κ3) is 2.49. The molecule has 1 aromatic carbocycles. The number of benzene rings is 1. The number of likely N-dealkylation sites (tertiary alicyclic amines) is 1. The van der Waals surface area contributed by atoms with Gasteiger partial charge in [0.05, 0.1) is 5.56 Å². The normalized spacial score (nSPS) is 26.3. The van der Waals surface area contributed by atoms with Crippen molar-refractivity contribution in [3.8, 4) is 5.75 Å². The Bertz CT molecular complexity index is 492. The van der Waals surface area contributed by atoms with Crippen LogP contribution in [0.3, 0.4) is 0 Å². The number of nitrogens with one attached hydrogen (secondary N) is 1. The van der Waals surface area contributed by atoms with Crippen LogP contribution < -0.4 is 5.32 Å². The van der Waals surface area contributed by atoms with E-state index in [1.165, 1.54) is 12.8 Å². The number of halogens is 1. The monoisotopic (exact) mass is 324 g/mol. The Hall–Kier alpha value is -1.07. The maximum absolute atomic E-state index is 12.4. The summed E-state index contributed by atoms with van der Waals surface area (Å²) in [6.07, 6.45) is 2.38. The van der Waals surface area contributed by atoms with Crippen molar-refractivity contribution >= 4 is 21.8 Å². The van der Waals surface area contributed by atoms with E-state index in [0.717, 1.165) is 24.1 Å². The number of amides is 1. The predicted octanol–water partition coefficient (Wildman–Crippen LogP) is 1.98. The number of nitrogens with zero attached hydrogens (tertiary/aromatic N) is 1. The first-order valence-electron chi connectivity index (χ1n) is 6.66. The summed E-state index contributed by atoms with van der Waals surface area (Å²) in [6, 6.07) is 5.45. The molecule has 2 saturated heterocycles. The van der Waals surface area contributed by atoms with Crippen LogP contribution in [-0.2, 0) is 0 Å². The molecule has 0 bridgehead atoms. The highest BCUT2D eigenvalue weighted by atomic mass is 79.9. The van der Waals surface area contributed by atoms with Crippen LogP contribution in [0.1, 0.15) is 23.2 Å². The second kappa shape index (κ2) is 5.13. The number of fused-ring (bicyclic) bond motifs is 1. The summed E-state index contributed by atoms with van der Waals surface area (Å²) < 4.78 is 0.776. The zero-order valence-electron chi connectivity index (χ0n) is 10.6. The van der Waals surface area contributed by atoms with Crippen molar-refractivity contribution in [1.82, 2.24) is 10.2 Å². The van der Waals surface area contributed by atoms with Crippen LogP contribution in [0.25, 0.3) is 0 Å². The molecule has 2 atom stereocenters. The minimum atomic E-state index is -0.0683. The molecule has 2 heterocycles. The van der Waals surface area contributed by atoms with Crippen molar-refractivity contribution in [1.29, 1.82) is 0 Å². The second-order valence-corrected chi connectivity index (χ2v) is 6.25. The minimum absolute atomic E-state index is 0.0437. The summed E-state index contributed by atoms with van der Waals surface area (Å²) >= 11 is 3.28. The maximum Gasteiger partial charge on any atom is 0.257 e. The van der Waals surface area contributed by atoms with Gasteiger partial charge in [0.1, 0.15) is 5.75 Å². The lowest BCUT2D eigenvalue weighted by molar-refractivity contribution is 0.0782. The fourth-order valence-corrected chi connectivity index (χ4v) is 3.42. The lowest BCUT2D eigenvalue weighted by atomic mass is 9.94. The van der Waals surface area contributed by atoms with Crippen LogP contribution >= 0.6 is 15.9 Å². The molecule has 0 spiro atoms. The molecule has 1 amide bonds. The number of carbonyl (C=O) groups excluding carboxylic acids is 1. The topological polar surface area (TPSA) is 52.6 Å². The van der Waals surface area contributed by atoms with Crippen molar-refractivity contribution in [3.05, 3.63) is 28.2 Å². The number of aromatic hydroxyl groups is 1. The molecule has 0 aliphatic carbocycles. The molecule has 0 saturated carbocycles. The van der Waals surface area contributed by atoms with E-state index in [4.69, 9.17) is 0 Å². The second-order valence-electron chi connectivity index (χ2n) is 5.33. The summed E-state index contributed by atoms with van der Waals surface area (Å²) in [6.45, 7) is 2.59. The first-order valence-corrected chi connectivity index (χ1v) is 7.45. The number of hydrogen-bond donors (Lipinski definition) is 2. The number of rotatable bonds is 1. The summed E-state index contributed by atoms with van der Waals surface area (Å²) in [5, 5.41) is 13.4. The highest BCUT2D eigenvalue weighted by molar-refractivity contribution is 9.10. The first-order chi connectivity index (χ1) is 9.15. The van der Waals surface area contributed by atoms with E-state index in [9.17, 15) is 9.90 Å². The van der Waals surface area contributed by atoms with Gasteiger partial charge in [-0.1, -0.05) is 15.9 Å². The fraction of sp³-hybridized carbons (Fsp3) is 0.500. The van der Waals surface area contributed by atoms with E-state index in [0.29, 0.717) is 17.5 Å². The highest BCUT2D eigenvalue weighted by Crippen LogP contribution is 2.29. The SMILES string of the molecule is O=C(c1ccc(Br)cc1O)N1C[C@@H]2CCCN[C@@H]2C1. The van der Waals surface area contributed by atoms with Crippen LogP contribution in [0.5, 0.6) is 5.75 Å². The summed E-state index contributed by atoms with van der Waals surface area (Å²) in [5.74, 6) is 0.540. The van der Waals surface area contributed by atoms with Crippen LogP contribution in [0, 0.1) is 5.92 Å². The van der Waals surface area contributed by atoms with Gasteiger partial charge in [-0.3, -0.25) is 4.79 Å². The molecule has 2 aliphatic rings. The maximum atomic E-state index is 12.4. The number of phenolic OH excluding ortho intramolecular Hbond substituents is 1. The molecule has 102 valence electrons. The smallest absolute Gasteiger partial charge is 0.257 e. The molecular weight excluding hydrogens is 308 g/mol. The Morgan fingerprint density at radius 2 is 2.26 bits per heavy atom. The van der Waals surface area contributed by atoms with Crippen molar-refractivity contribution < 1.29 is 9.90 Å². The molecule has 3 rings (SSSR count). The zero-order valence-corrected chi connectivity index (χ0v) is 12.2. The Morgan fingerprint density at radius 3 is 3.00 bits per heavy atom. The fourth-order valence-electron chi connectivity index (χ4n) is 3.07. The van der Waals surface area contributed by atoms with Gasteiger partial charge in [0.15, 0.2) is 0 Å². The molecule has 2 aliphatic heterocycles.